The second-order valence-corrected chi connectivity index (χ2v) is 8.31. The predicted octanol–water partition coefficient (Wildman–Crippen LogP) is 6.34. The standard InChI is InChI=1S/C27H40N4/c1-4-26(24-14-12-13-22(2)21-24)29-19-11-6-5-10-17-27(28)30-20-18-23(3)31-25-15-8-7-9-16-25/h4-5,10,12-14,19,21,25,31H,3,6-9,11,15-18,20H2,1-2H3,(H2,28,30)/b10-5-,26-4-,29-19?. The van der Waals surface area contributed by atoms with Crippen LogP contribution in [0, 0.1) is 6.92 Å². The summed E-state index contributed by atoms with van der Waals surface area (Å²) in [6.45, 7) is 8.97. The Morgan fingerprint density at radius 3 is 2.74 bits per heavy atom. The van der Waals surface area contributed by atoms with E-state index >= 15 is 0 Å². The highest BCUT2D eigenvalue weighted by molar-refractivity contribution is 5.81. The number of rotatable bonds is 12. The molecule has 0 aromatic heterocycles. The molecule has 0 saturated heterocycles. The third-order valence-electron chi connectivity index (χ3n) is 5.52. The molecule has 168 valence electrons. The van der Waals surface area contributed by atoms with Crippen molar-refractivity contribution in [1.82, 2.24) is 5.32 Å². The molecule has 0 aliphatic heterocycles. The average molecular weight is 421 g/mol. The number of hydrogen-bond acceptors (Lipinski definition) is 3. The van der Waals surface area contributed by atoms with E-state index in [0.717, 1.165) is 36.2 Å². The molecule has 0 unspecified atom stereocenters. The number of nitrogens with zero attached hydrogens (tertiary/aromatic N) is 2. The lowest BCUT2D eigenvalue weighted by Gasteiger charge is -2.24. The van der Waals surface area contributed by atoms with Gasteiger partial charge in [0, 0.05) is 42.9 Å². The van der Waals surface area contributed by atoms with Crippen LogP contribution in [-0.2, 0) is 0 Å². The Balaban J connectivity index is 1.61. The summed E-state index contributed by atoms with van der Waals surface area (Å²) in [5.74, 6) is 0.686. The number of nitrogens with one attached hydrogen (secondary N) is 1. The van der Waals surface area contributed by atoms with Gasteiger partial charge in [0.15, 0.2) is 0 Å². The first-order valence-corrected chi connectivity index (χ1v) is 11.7. The maximum atomic E-state index is 6.03. The first-order valence-electron chi connectivity index (χ1n) is 11.7. The SMILES string of the molecule is C=C(CCN=C(N)C/C=C\CCC=N/C(=C\C)c1cccc(C)c1)NC1CCCCC1. The molecule has 3 N–H and O–H groups in total. The van der Waals surface area contributed by atoms with Gasteiger partial charge >= 0.3 is 0 Å². The Bertz CT molecular complexity index is 795. The van der Waals surface area contributed by atoms with Gasteiger partial charge in [0.2, 0.25) is 0 Å². The molecule has 4 nitrogen and oxygen atoms in total. The number of unbranched alkanes of at least 4 members (excludes halogenated alkanes) is 1. The van der Waals surface area contributed by atoms with Gasteiger partial charge in [-0.05, 0) is 45.6 Å². The molecule has 2 rings (SSSR count). The molecular formula is C27H40N4. The maximum absolute atomic E-state index is 6.03. The molecule has 0 heterocycles. The van der Waals surface area contributed by atoms with Crippen molar-refractivity contribution in [3.63, 3.8) is 0 Å². The summed E-state index contributed by atoms with van der Waals surface area (Å²) < 4.78 is 0. The van der Waals surface area contributed by atoms with Crippen LogP contribution in [0.25, 0.3) is 5.70 Å². The molecule has 1 saturated carbocycles. The summed E-state index contributed by atoms with van der Waals surface area (Å²) in [5.41, 5.74) is 10.6. The van der Waals surface area contributed by atoms with Crippen LogP contribution in [0.3, 0.4) is 0 Å². The minimum Gasteiger partial charge on any atom is -0.387 e. The average Bonchev–Trinajstić information content (AvgIpc) is 2.76. The van der Waals surface area contributed by atoms with E-state index in [4.69, 9.17) is 5.73 Å². The minimum absolute atomic E-state index is 0.606. The van der Waals surface area contributed by atoms with Crippen molar-refractivity contribution < 1.29 is 0 Å². The summed E-state index contributed by atoms with van der Waals surface area (Å²) >= 11 is 0. The second kappa shape index (κ2) is 14.4. The normalized spacial score (nSPS) is 16.3. The largest absolute Gasteiger partial charge is 0.387 e. The summed E-state index contributed by atoms with van der Waals surface area (Å²) in [7, 11) is 0. The summed E-state index contributed by atoms with van der Waals surface area (Å²) in [6.07, 6.45) is 18.3. The zero-order valence-electron chi connectivity index (χ0n) is 19.4. The quantitative estimate of drug-likeness (QED) is 0.179. The molecule has 0 amide bonds. The number of aryl methyl sites for hydroxylation is 1. The molecular weight excluding hydrogens is 380 g/mol. The molecule has 4 heteroatoms. The number of benzene rings is 1. The third kappa shape index (κ3) is 10.3. The first kappa shape index (κ1) is 24.6. The molecule has 0 radical (unpaired) electrons. The van der Waals surface area contributed by atoms with Crippen molar-refractivity contribution in [2.45, 2.75) is 77.7 Å². The number of allylic oxidation sites excluding steroid dienone is 2. The molecule has 31 heavy (non-hydrogen) atoms. The fourth-order valence-corrected chi connectivity index (χ4v) is 3.78. The zero-order valence-corrected chi connectivity index (χ0v) is 19.4. The Labute approximate surface area is 189 Å². The monoisotopic (exact) mass is 420 g/mol. The van der Waals surface area contributed by atoms with Gasteiger partial charge in [-0.25, -0.2) is 0 Å². The smallest absolute Gasteiger partial charge is 0.0975 e. The highest BCUT2D eigenvalue weighted by Gasteiger charge is 2.12. The van der Waals surface area contributed by atoms with Gasteiger partial charge in [-0.3, -0.25) is 9.98 Å². The van der Waals surface area contributed by atoms with E-state index in [1.807, 2.05) is 13.1 Å². The van der Waals surface area contributed by atoms with Gasteiger partial charge in [0.1, 0.15) is 0 Å². The predicted molar refractivity (Wildman–Crippen MR) is 137 cm³/mol. The van der Waals surface area contributed by atoms with Gasteiger partial charge < -0.3 is 11.1 Å². The molecule has 0 bridgehead atoms. The highest BCUT2D eigenvalue weighted by atomic mass is 14.9. The zero-order chi connectivity index (χ0) is 22.3. The Morgan fingerprint density at radius 1 is 1.19 bits per heavy atom. The number of hydrogen-bond donors (Lipinski definition) is 2. The highest BCUT2D eigenvalue weighted by Crippen LogP contribution is 2.19. The van der Waals surface area contributed by atoms with E-state index in [1.54, 1.807) is 0 Å². The van der Waals surface area contributed by atoms with Crippen LogP contribution < -0.4 is 11.1 Å². The van der Waals surface area contributed by atoms with E-state index < -0.39 is 0 Å². The topological polar surface area (TPSA) is 62.8 Å². The maximum Gasteiger partial charge on any atom is 0.0975 e. The van der Waals surface area contributed by atoms with Crippen LogP contribution in [0.15, 0.2) is 64.8 Å². The summed E-state index contributed by atoms with van der Waals surface area (Å²) in [6, 6.07) is 9.04. The van der Waals surface area contributed by atoms with Crippen molar-refractivity contribution in [3.05, 3.63) is 65.9 Å². The Hall–Kier alpha value is -2.62. The number of aliphatic imine (C=N–C) groups is 2. The lowest BCUT2D eigenvalue weighted by Crippen LogP contribution is -2.30. The van der Waals surface area contributed by atoms with Crippen LogP contribution in [0.2, 0.25) is 0 Å². The van der Waals surface area contributed by atoms with Gasteiger partial charge in [0.05, 0.1) is 11.5 Å². The van der Waals surface area contributed by atoms with E-state index in [1.165, 1.54) is 37.7 Å². The van der Waals surface area contributed by atoms with E-state index in [9.17, 15) is 0 Å². The summed E-state index contributed by atoms with van der Waals surface area (Å²) in [5, 5.41) is 3.55. The van der Waals surface area contributed by atoms with E-state index in [-0.39, 0.29) is 0 Å². The van der Waals surface area contributed by atoms with Gasteiger partial charge in [0.25, 0.3) is 0 Å². The van der Waals surface area contributed by atoms with Crippen LogP contribution in [0.5, 0.6) is 0 Å². The molecule has 0 spiro atoms. The van der Waals surface area contributed by atoms with Crippen LogP contribution in [0.1, 0.15) is 75.8 Å². The second-order valence-electron chi connectivity index (χ2n) is 8.31. The molecule has 1 fully saturated rings. The fraction of sp³-hybridized carbons (Fsp3) is 0.481. The minimum atomic E-state index is 0.606. The third-order valence-corrected chi connectivity index (χ3v) is 5.52. The van der Waals surface area contributed by atoms with Crippen LogP contribution in [-0.4, -0.2) is 24.6 Å². The molecule has 1 aliphatic rings. The number of amidine groups is 1. The van der Waals surface area contributed by atoms with Crippen molar-refractivity contribution in [1.29, 1.82) is 0 Å². The van der Waals surface area contributed by atoms with Crippen molar-refractivity contribution in [2.75, 3.05) is 6.54 Å². The molecule has 1 aromatic carbocycles. The molecule has 1 aliphatic carbocycles. The lowest BCUT2D eigenvalue weighted by atomic mass is 9.95. The van der Waals surface area contributed by atoms with Crippen molar-refractivity contribution in [3.8, 4) is 0 Å². The molecule has 0 atom stereocenters. The van der Waals surface area contributed by atoms with Gasteiger partial charge in [-0.2, -0.15) is 0 Å². The van der Waals surface area contributed by atoms with Gasteiger partial charge in [-0.15, -0.1) is 0 Å². The van der Waals surface area contributed by atoms with Crippen molar-refractivity contribution in [2.24, 2.45) is 15.7 Å². The number of nitrogens with two attached hydrogens (primary N) is 1. The molecule has 1 aromatic rings. The van der Waals surface area contributed by atoms with Crippen LogP contribution in [0.4, 0.5) is 0 Å². The van der Waals surface area contributed by atoms with Crippen LogP contribution >= 0.6 is 0 Å². The Kier molecular flexibility index (Phi) is 11.4. The van der Waals surface area contributed by atoms with Gasteiger partial charge in [-0.1, -0.05) is 67.8 Å². The van der Waals surface area contributed by atoms with E-state index in [2.05, 4.69) is 71.3 Å². The van der Waals surface area contributed by atoms with E-state index in [0.29, 0.717) is 24.8 Å². The lowest BCUT2D eigenvalue weighted by molar-refractivity contribution is 0.393. The first-order chi connectivity index (χ1) is 15.1. The van der Waals surface area contributed by atoms with Crippen molar-refractivity contribution >= 4 is 17.7 Å². The Morgan fingerprint density at radius 2 is 2.00 bits per heavy atom. The summed E-state index contributed by atoms with van der Waals surface area (Å²) in [4.78, 5) is 9.10. The fourth-order valence-electron chi connectivity index (χ4n) is 3.78.